The van der Waals surface area contributed by atoms with Gasteiger partial charge in [-0.1, -0.05) is 13.0 Å². The third-order valence-corrected chi connectivity index (χ3v) is 4.68. The van der Waals surface area contributed by atoms with E-state index in [1.165, 1.54) is 17.5 Å². The maximum Gasteiger partial charge on any atom is 0.270 e. The van der Waals surface area contributed by atoms with E-state index in [0.717, 1.165) is 42.4 Å². The molecule has 1 fully saturated rings. The Bertz CT molecular complexity index is 671. The zero-order chi connectivity index (χ0) is 15.0. The molecular formula is C18H24N2O. The second kappa shape index (κ2) is 5.55. The molecule has 1 aromatic heterocycles. The molecule has 0 saturated carbocycles. The molecule has 112 valence electrons. The van der Waals surface area contributed by atoms with E-state index in [4.69, 9.17) is 0 Å². The van der Waals surface area contributed by atoms with Crippen molar-refractivity contribution in [3.8, 4) is 0 Å². The van der Waals surface area contributed by atoms with Gasteiger partial charge in [0.15, 0.2) is 0 Å². The summed E-state index contributed by atoms with van der Waals surface area (Å²) in [6.07, 6.45) is 4.55. The van der Waals surface area contributed by atoms with Crippen molar-refractivity contribution in [3.05, 3.63) is 35.0 Å². The lowest BCUT2D eigenvalue weighted by Gasteiger charge is -2.35. The van der Waals surface area contributed by atoms with Crippen LogP contribution in [-0.4, -0.2) is 28.4 Å². The monoisotopic (exact) mass is 284 g/mol. The second-order valence-corrected chi connectivity index (χ2v) is 6.28. The number of amides is 1. The predicted molar refractivity (Wildman–Crippen MR) is 86.7 cm³/mol. The van der Waals surface area contributed by atoms with E-state index in [-0.39, 0.29) is 5.91 Å². The minimum atomic E-state index is 0.162. The number of carbonyl (C=O) groups is 1. The summed E-state index contributed by atoms with van der Waals surface area (Å²) in [5.41, 5.74) is 4.26. The molecule has 1 aromatic carbocycles. The molecule has 3 nitrogen and oxygen atoms in total. The van der Waals surface area contributed by atoms with Gasteiger partial charge in [-0.05, 0) is 62.8 Å². The van der Waals surface area contributed by atoms with Gasteiger partial charge in [0.25, 0.3) is 5.91 Å². The van der Waals surface area contributed by atoms with Crippen LogP contribution in [-0.2, 0) is 0 Å². The van der Waals surface area contributed by atoms with E-state index in [9.17, 15) is 4.79 Å². The van der Waals surface area contributed by atoms with Crippen LogP contribution in [0.25, 0.3) is 10.9 Å². The lowest BCUT2D eigenvalue weighted by molar-refractivity contribution is 0.0603. The molecule has 1 unspecified atom stereocenters. The summed E-state index contributed by atoms with van der Waals surface area (Å²) in [4.78, 5) is 18.2. The fourth-order valence-electron chi connectivity index (χ4n) is 3.56. The average Bonchev–Trinajstić information content (AvgIpc) is 2.90. The van der Waals surface area contributed by atoms with Gasteiger partial charge in [-0.2, -0.15) is 0 Å². The molecule has 2 aromatic rings. The van der Waals surface area contributed by atoms with Crippen LogP contribution in [0.4, 0.5) is 0 Å². The number of carbonyl (C=O) groups excluding carboxylic acids is 1. The Hall–Kier alpha value is -1.77. The molecule has 1 atom stereocenters. The number of aryl methyl sites for hydroxylation is 2. The minimum absolute atomic E-state index is 0.162. The zero-order valence-corrected chi connectivity index (χ0v) is 13.2. The van der Waals surface area contributed by atoms with E-state index in [1.54, 1.807) is 0 Å². The van der Waals surface area contributed by atoms with Crippen molar-refractivity contribution in [2.24, 2.45) is 0 Å². The number of likely N-dealkylation sites (tertiary alicyclic amines) is 1. The molecule has 0 spiro atoms. The highest BCUT2D eigenvalue weighted by atomic mass is 16.2. The molecular weight excluding hydrogens is 260 g/mol. The van der Waals surface area contributed by atoms with Crippen molar-refractivity contribution < 1.29 is 4.79 Å². The van der Waals surface area contributed by atoms with Crippen molar-refractivity contribution in [2.75, 3.05) is 6.54 Å². The molecule has 1 N–H and O–H groups in total. The molecule has 1 aliphatic rings. The number of fused-ring (bicyclic) bond motifs is 1. The van der Waals surface area contributed by atoms with Gasteiger partial charge in [0, 0.05) is 23.5 Å². The number of piperidine rings is 1. The highest BCUT2D eigenvalue weighted by Gasteiger charge is 2.27. The first kappa shape index (κ1) is 14.2. The predicted octanol–water partition coefficient (Wildman–Crippen LogP) is 4.19. The van der Waals surface area contributed by atoms with Gasteiger partial charge in [-0.15, -0.1) is 0 Å². The number of aromatic nitrogens is 1. The Morgan fingerprint density at radius 2 is 2.10 bits per heavy atom. The molecule has 0 aliphatic carbocycles. The van der Waals surface area contributed by atoms with Crippen LogP contribution < -0.4 is 0 Å². The highest BCUT2D eigenvalue weighted by molar-refractivity contribution is 5.99. The molecule has 1 amide bonds. The summed E-state index contributed by atoms with van der Waals surface area (Å²) in [7, 11) is 0. The Kier molecular flexibility index (Phi) is 3.75. The number of hydrogen-bond acceptors (Lipinski definition) is 1. The van der Waals surface area contributed by atoms with E-state index in [2.05, 4.69) is 42.8 Å². The smallest absolute Gasteiger partial charge is 0.270 e. The van der Waals surface area contributed by atoms with Crippen molar-refractivity contribution in [1.82, 2.24) is 9.88 Å². The molecule has 1 saturated heterocycles. The summed E-state index contributed by atoms with van der Waals surface area (Å²) in [6, 6.07) is 6.71. The van der Waals surface area contributed by atoms with E-state index < -0.39 is 0 Å². The number of benzene rings is 1. The molecule has 2 heterocycles. The lowest BCUT2D eigenvalue weighted by atomic mass is 9.99. The normalized spacial score (nSPS) is 19.2. The van der Waals surface area contributed by atoms with Crippen molar-refractivity contribution in [1.29, 1.82) is 0 Å². The van der Waals surface area contributed by atoms with Crippen molar-refractivity contribution in [3.63, 3.8) is 0 Å². The first-order valence-electron chi connectivity index (χ1n) is 8.01. The van der Waals surface area contributed by atoms with Crippen LogP contribution in [0, 0.1) is 13.8 Å². The van der Waals surface area contributed by atoms with Gasteiger partial charge in [-0.25, -0.2) is 0 Å². The maximum atomic E-state index is 12.8. The number of hydrogen-bond donors (Lipinski definition) is 1. The van der Waals surface area contributed by atoms with Gasteiger partial charge < -0.3 is 9.88 Å². The Labute approximate surface area is 126 Å². The van der Waals surface area contributed by atoms with Crippen LogP contribution in [0.1, 0.15) is 54.2 Å². The standard InChI is InChI=1S/C18H24N2O/c1-4-14-7-5-6-8-20(14)18(21)17-11-15-13(3)9-12(2)10-16(15)19-17/h9-11,14,19H,4-8H2,1-3H3. The van der Waals surface area contributed by atoms with Gasteiger partial charge in [0.1, 0.15) is 5.69 Å². The van der Waals surface area contributed by atoms with Gasteiger partial charge in [0.05, 0.1) is 0 Å². The topological polar surface area (TPSA) is 36.1 Å². The molecule has 0 radical (unpaired) electrons. The minimum Gasteiger partial charge on any atom is -0.351 e. The van der Waals surface area contributed by atoms with Crippen molar-refractivity contribution in [2.45, 2.75) is 52.5 Å². The fourth-order valence-corrected chi connectivity index (χ4v) is 3.56. The van der Waals surface area contributed by atoms with Crippen LogP contribution in [0.5, 0.6) is 0 Å². The van der Waals surface area contributed by atoms with Gasteiger partial charge >= 0.3 is 0 Å². The second-order valence-electron chi connectivity index (χ2n) is 6.28. The summed E-state index contributed by atoms with van der Waals surface area (Å²) >= 11 is 0. The number of rotatable bonds is 2. The summed E-state index contributed by atoms with van der Waals surface area (Å²) in [5.74, 6) is 0.162. The Morgan fingerprint density at radius 1 is 1.29 bits per heavy atom. The number of aromatic amines is 1. The molecule has 0 bridgehead atoms. The Balaban J connectivity index is 1.96. The quantitative estimate of drug-likeness (QED) is 0.882. The van der Waals surface area contributed by atoms with E-state index in [1.807, 2.05) is 6.07 Å². The van der Waals surface area contributed by atoms with Gasteiger partial charge in [-0.3, -0.25) is 4.79 Å². The Morgan fingerprint density at radius 3 is 2.86 bits per heavy atom. The van der Waals surface area contributed by atoms with E-state index in [0.29, 0.717) is 6.04 Å². The third kappa shape index (κ3) is 2.57. The van der Waals surface area contributed by atoms with Crippen molar-refractivity contribution >= 4 is 16.8 Å². The number of nitrogens with zero attached hydrogens (tertiary/aromatic N) is 1. The van der Waals surface area contributed by atoms with Crippen LogP contribution >= 0.6 is 0 Å². The first-order valence-corrected chi connectivity index (χ1v) is 8.01. The highest BCUT2D eigenvalue weighted by Crippen LogP contribution is 2.25. The lowest BCUT2D eigenvalue weighted by Crippen LogP contribution is -2.43. The first-order chi connectivity index (χ1) is 10.1. The fraction of sp³-hybridized carbons (Fsp3) is 0.500. The largest absolute Gasteiger partial charge is 0.351 e. The zero-order valence-electron chi connectivity index (χ0n) is 13.2. The molecule has 21 heavy (non-hydrogen) atoms. The van der Waals surface area contributed by atoms with Crippen LogP contribution in [0.15, 0.2) is 18.2 Å². The number of H-pyrrole nitrogens is 1. The molecule has 3 rings (SSSR count). The summed E-state index contributed by atoms with van der Waals surface area (Å²) in [6.45, 7) is 7.26. The van der Waals surface area contributed by atoms with Crippen LogP contribution in [0.3, 0.4) is 0 Å². The number of nitrogens with one attached hydrogen (secondary N) is 1. The maximum absolute atomic E-state index is 12.8. The molecule has 3 heteroatoms. The SMILES string of the molecule is CCC1CCCCN1C(=O)c1cc2c(C)cc(C)cc2[nH]1. The van der Waals surface area contributed by atoms with Gasteiger partial charge in [0.2, 0.25) is 0 Å². The third-order valence-electron chi connectivity index (χ3n) is 4.68. The summed E-state index contributed by atoms with van der Waals surface area (Å²) in [5, 5.41) is 1.16. The van der Waals surface area contributed by atoms with E-state index >= 15 is 0 Å². The summed E-state index contributed by atoms with van der Waals surface area (Å²) < 4.78 is 0. The van der Waals surface area contributed by atoms with Crippen LogP contribution in [0.2, 0.25) is 0 Å². The molecule has 1 aliphatic heterocycles. The average molecular weight is 284 g/mol.